The van der Waals surface area contributed by atoms with Crippen molar-refractivity contribution in [2.75, 3.05) is 33.3 Å². The molecule has 4 N–H and O–H groups in total. The standard InChI is InChI=1S/C37H48N8O6/c1-7-17-44(33(46)21-40-35(48)50-6)23-31-38-19-29(42-31)27-13-9-25(10-14-27)26-11-15-28(16-12-26)30-20-39-32(43-30)24-45(18-8-2)34(47)22-41-36(49)51-37(3,4)5/h9-16,19-20H,7-8,17-18,21-24H2,1-6H3,(H,38,42)(H,39,43)(H,40,48)(H,41,49). The Morgan fingerprint density at radius 2 is 1.06 bits per heavy atom. The Morgan fingerprint density at radius 1 is 0.667 bits per heavy atom. The predicted molar refractivity (Wildman–Crippen MR) is 193 cm³/mol. The van der Waals surface area contributed by atoms with E-state index < -0.39 is 17.8 Å². The number of amides is 4. The van der Waals surface area contributed by atoms with E-state index in [1.165, 1.54) is 7.11 Å². The summed E-state index contributed by atoms with van der Waals surface area (Å²) in [6, 6.07) is 16.2. The number of alkyl carbamates (subject to hydrolysis) is 2. The molecule has 0 aliphatic carbocycles. The molecule has 0 bridgehead atoms. The minimum Gasteiger partial charge on any atom is -0.453 e. The van der Waals surface area contributed by atoms with E-state index in [-0.39, 0.29) is 31.4 Å². The summed E-state index contributed by atoms with van der Waals surface area (Å²) in [4.78, 5) is 67.8. The van der Waals surface area contributed by atoms with Gasteiger partial charge in [-0.3, -0.25) is 9.59 Å². The van der Waals surface area contributed by atoms with Gasteiger partial charge in [0.1, 0.15) is 30.3 Å². The number of rotatable bonds is 15. The highest BCUT2D eigenvalue weighted by molar-refractivity contribution is 5.83. The van der Waals surface area contributed by atoms with E-state index in [1.807, 2.05) is 62.4 Å². The molecule has 2 aromatic carbocycles. The molecule has 4 rings (SSSR count). The highest BCUT2D eigenvalue weighted by Gasteiger charge is 2.20. The van der Waals surface area contributed by atoms with Crippen molar-refractivity contribution in [2.24, 2.45) is 0 Å². The predicted octanol–water partition coefficient (Wildman–Crippen LogP) is 5.49. The molecule has 0 radical (unpaired) electrons. The van der Waals surface area contributed by atoms with Gasteiger partial charge >= 0.3 is 12.2 Å². The summed E-state index contributed by atoms with van der Waals surface area (Å²) in [6.07, 6.45) is 3.74. The Hall–Kier alpha value is -5.66. The lowest BCUT2D eigenvalue weighted by atomic mass is 10.0. The maximum atomic E-state index is 12.9. The van der Waals surface area contributed by atoms with Gasteiger partial charge in [0.05, 0.1) is 44.0 Å². The fraction of sp³-hybridized carbons (Fsp3) is 0.405. The summed E-state index contributed by atoms with van der Waals surface area (Å²) in [6.45, 7) is 10.6. The molecule has 14 heteroatoms. The third-order valence-electron chi connectivity index (χ3n) is 7.71. The Morgan fingerprint density at radius 3 is 1.43 bits per heavy atom. The van der Waals surface area contributed by atoms with Gasteiger partial charge in [0.25, 0.3) is 0 Å². The van der Waals surface area contributed by atoms with E-state index in [2.05, 4.69) is 35.3 Å². The summed E-state index contributed by atoms with van der Waals surface area (Å²) in [5.74, 6) is 0.846. The molecule has 0 aliphatic heterocycles. The summed E-state index contributed by atoms with van der Waals surface area (Å²) < 4.78 is 9.78. The van der Waals surface area contributed by atoms with Gasteiger partial charge in [0.2, 0.25) is 11.8 Å². The second kappa shape index (κ2) is 17.8. The molecule has 0 saturated carbocycles. The van der Waals surface area contributed by atoms with Gasteiger partial charge < -0.3 is 39.9 Å². The lowest BCUT2D eigenvalue weighted by Gasteiger charge is -2.23. The van der Waals surface area contributed by atoms with Crippen LogP contribution in [0.3, 0.4) is 0 Å². The maximum Gasteiger partial charge on any atom is 0.408 e. The Labute approximate surface area is 298 Å². The number of H-pyrrole nitrogens is 2. The number of benzene rings is 2. The lowest BCUT2D eigenvalue weighted by molar-refractivity contribution is -0.131. The van der Waals surface area contributed by atoms with Crippen LogP contribution in [0.2, 0.25) is 0 Å². The first kappa shape index (κ1) is 38.1. The molecule has 0 spiro atoms. The summed E-state index contributed by atoms with van der Waals surface area (Å²) in [5.41, 5.74) is 5.01. The van der Waals surface area contributed by atoms with Crippen LogP contribution in [-0.4, -0.2) is 92.6 Å². The van der Waals surface area contributed by atoms with Gasteiger partial charge in [0.15, 0.2) is 0 Å². The highest BCUT2D eigenvalue weighted by Crippen LogP contribution is 2.27. The average molecular weight is 701 g/mol. The molecule has 2 heterocycles. The van der Waals surface area contributed by atoms with Crippen LogP contribution in [0, 0.1) is 0 Å². The normalized spacial score (nSPS) is 11.1. The lowest BCUT2D eigenvalue weighted by Crippen LogP contribution is -2.42. The van der Waals surface area contributed by atoms with Crippen molar-refractivity contribution in [1.29, 1.82) is 0 Å². The average Bonchev–Trinajstić information content (AvgIpc) is 3.78. The fourth-order valence-corrected chi connectivity index (χ4v) is 5.25. The van der Waals surface area contributed by atoms with Crippen LogP contribution in [0.15, 0.2) is 60.9 Å². The highest BCUT2D eigenvalue weighted by atomic mass is 16.6. The SMILES string of the molecule is CCCN(Cc1ncc(-c2ccc(-c3ccc(-c4cnc(CN(CCC)C(=O)CNC(=O)OC(C)(C)C)[nH]4)cc3)cc2)[nH]1)C(=O)CNC(=O)OC. The van der Waals surface area contributed by atoms with Crippen molar-refractivity contribution in [3.63, 3.8) is 0 Å². The van der Waals surface area contributed by atoms with Crippen molar-refractivity contribution in [2.45, 2.75) is 66.2 Å². The molecule has 4 amide bonds. The fourth-order valence-electron chi connectivity index (χ4n) is 5.25. The summed E-state index contributed by atoms with van der Waals surface area (Å²) in [5, 5.41) is 4.97. The van der Waals surface area contributed by atoms with Gasteiger partial charge in [-0.05, 0) is 55.9 Å². The van der Waals surface area contributed by atoms with Gasteiger partial charge in [-0.15, -0.1) is 0 Å². The molecule has 51 heavy (non-hydrogen) atoms. The third-order valence-corrected chi connectivity index (χ3v) is 7.71. The molecule has 2 aromatic heterocycles. The Balaban J connectivity index is 1.35. The molecule has 0 saturated heterocycles. The minimum atomic E-state index is -0.652. The second-order valence-electron chi connectivity index (χ2n) is 13.0. The van der Waals surface area contributed by atoms with Crippen molar-refractivity contribution in [1.82, 2.24) is 40.4 Å². The third kappa shape index (κ3) is 11.4. The first-order valence-corrected chi connectivity index (χ1v) is 17.0. The molecule has 272 valence electrons. The van der Waals surface area contributed by atoms with Crippen molar-refractivity contribution in [3.05, 3.63) is 72.6 Å². The number of hydrogen-bond donors (Lipinski definition) is 4. The number of methoxy groups -OCH3 is 1. The van der Waals surface area contributed by atoms with Crippen molar-refractivity contribution >= 4 is 24.0 Å². The molecule has 0 aliphatic rings. The van der Waals surface area contributed by atoms with Crippen LogP contribution < -0.4 is 10.6 Å². The largest absolute Gasteiger partial charge is 0.453 e. The number of aromatic nitrogens is 4. The van der Waals surface area contributed by atoms with E-state index in [1.54, 1.807) is 43.0 Å². The first-order valence-electron chi connectivity index (χ1n) is 17.0. The van der Waals surface area contributed by atoms with Gasteiger partial charge in [-0.25, -0.2) is 19.6 Å². The van der Waals surface area contributed by atoms with E-state index in [0.29, 0.717) is 31.3 Å². The van der Waals surface area contributed by atoms with Crippen LogP contribution in [-0.2, 0) is 32.2 Å². The number of nitrogens with one attached hydrogen (secondary N) is 4. The number of aromatic amines is 2. The Bertz CT molecular complexity index is 1760. The van der Waals surface area contributed by atoms with Gasteiger partial charge in [-0.2, -0.15) is 0 Å². The van der Waals surface area contributed by atoms with Crippen LogP contribution in [0.5, 0.6) is 0 Å². The minimum absolute atomic E-state index is 0.149. The monoisotopic (exact) mass is 700 g/mol. The molecular weight excluding hydrogens is 652 g/mol. The van der Waals surface area contributed by atoms with Crippen LogP contribution in [0.4, 0.5) is 9.59 Å². The molecule has 0 unspecified atom stereocenters. The zero-order chi connectivity index (χ0) is 37.0. The number of imidazole rings is 2. The van der Waals surface area contributed by atoms with E-state index in [9.17, 15) is 19.2 Å². The van der Waals surface area contributed by atoms with Crippen LogP contribution >= 0.6 is 0 Å². The van der Waals surface area contributed by atoms with Crippen molar-refractivity contribution < 1.29 is 28.7 Å². The van der Waals surface area contributed by atoms with Crippen molar-refractivity contribution in [3.8, 4) is 33.6 Å². The van der Waals surface area contributed by atoms with Gasteiger partial charge in [-0.1, -0.05) is 62.4 Å². The summed E-state index contributed by atoms with van der Waals surface area (Å²) >= 11 is 0. The van der Waals surface area contributed by atoms with Crippen LogP contribution in [0.1, 0.15) is 59.1 Å². The molecule has 0 atom stereocenters. The molecule has 0 fully saturated rings. The molecule has 14 nitrogen and oxygen atoms in total. The first-order chi connectivity index (χ1) is 24.4. The van der Waals surface area contributed by atoms with E-state index >= 15 is 0 Å². The topological polar surface area (TPSA) is 175 Å². The smallest absolute Gasteiger partial charge is 0.408 e. The summed E-state index contributed by atoms with van der Waals surface area (Å²) in [7, 11) is 1.25. The quantitative estimate of drug-likeness (QED) is 0.126. The number of carbonyl (C=O) groups is 4. The van der Waals surface area contributed by atoms with E-state index in [4.69, 9.17) is 4.74 Å². The molecular formula is C37H48N8O6. The zero-order valence-electron chi connectivity index (χ0n) is 30.2. The number of ether oxygens (including phenoxy) is 2. The zero-order valence-corrected chi connectivity index (χ0v) is 30.2. The number of carbonyl (C=O) groups excluding carboxylic acids is 4. The number of hydrogen-bond acceptors (Lipinski definition) is 8. The second-order valence-corrected chi connectivity index (χ2v) is 13.0. The number of nitrogens with zero attached hydrogens (tertiary/aromatic N) is 4. The van der Waals surface area contributed by atoms with E-state index in [0.717, 1.165) is 46.5 Å². The maximum absolute atomic E-state index is 12.9. The molecule has 4 aromatic rings. The van der Waals surface area contributed by atoms with Crippen LogP contribution in [0.25, 0.3) is 33.6 Å². The Kier molecular flexibility index (Phi) is 13.3. The van der Waals surface area contributed by atoms with Gasteiger partial charge in [0, 0.05) is 13.1 Å².